The quantitative estimate of drug-likeness (QED) is 0.0333. The number of ether oxygens (including phenoxy) is 1. The number of aliphatic hydroxyl groups is 1. The summed E-state index contributed by atoms with van der Waals surface area (Å²) in [5, 5.41) is 12.5. The van der Waals surface area contributed by atoms with Crippen molar-refractivity contribution < 1.29 is 37.9 Å². The summed E-state index contributed by atoms with van der Waals surface area (Å²) in [7, 11) is -4.39. The molecule has 0 aliphatic rings. The average Bonchev–Trinajstić information content (AvgIpc) is 3.05. The molecule has 10 heteroatoms. The fourth-order valence-corrected chi connectivity index (χ4v) is 6.31. The minimum absolute atomic E-state index is 0.0877. The molecule has 0 aromatic carbocycles. The van der Waals surface area contributed by atoms with Crippen LogP contribution in [-0.4, -0.2) is 54.3 Å². The fourth-order valence-electron chi connectivity index (χ4n) is 5.56. The zero-order chi connectivity index (χ0) is 34.7. The van der Waals surface area contributed by atoms with Gasteiger partial charge in [0.1, 0.15) is 12.7 Å². The second kappa shape index (κ2) is 34.9. The predicted octanol–water partition coefficient (Wildman–Crippen LogP) is 10.1. The van der Waals surface area contributed by atoms with E-state index in [9.17, 15) is 24.2 Å². The third-order valence-electron chi connectivity index (χ3n) is 8.54. The van der Waals surface area contributed by atoms with E-state index < -0.39 is 26.5 Å². The van der Waals surface area contributed by atoms with Crippen molar-refractivity contribution >= 4 is 19.7 Å². The molecule has 0 heterocycles. The van der Waals surface area contributed by atoms with Gasteiger partial charge in [0.15, 0.2) is 0 Å². The molecule has 0 fully saturated rings. The van der Waals surface area contributed by atoms with E-state index in [0.717, 1.165) is 51.4 Å². The normalized spacial score (nSPS) is 13.4. The summed E-state index contributed by atoms with van der Waals surface area (Å²) in [4.78, 5) is 33.5. The Morgan fingerprint density at radius 3 is 1.38 bits per heavy atom. The molecule has 47 heavy (non-hydrogen) atoms. The molecule has 0 aromatic rings. The second-order valence-corrected chi connectivity index (χ2v) is 14.7. The van der Waals surface area contributed by atoms with Gasteiger partial charge in [-0.1, -0.05) is 168 Å². The average molecular weight is 692 g/mol. The molecule has 0 aliphatic heterocycles. The first-order chi connectivity index (χ1) is 22.8. The van der Waals surface area contributed by atoms with Crippen molar-refractivity contribution in [3.05, 3.63) is 0 Å². The molecule has 0 spiro atoms. The summed E-state index contributed by atoms with van der Waals surface area (Å²) in [6.45, 7) is 3.47. The lowest BCUT2D eigenvalue weighted by Crippen LogP contribution is -2.27. The topological polar surface area (TPSA) is 131 Å². The molecule has 9 nitrogen and oxygen atoms in total. The number of amides is 1. The summed E-state index contributed by atoms with van der Waals surface area (Å²) < 4.78 is 26.6. The summed E-state index contributed by atoms with van der Waals surface area (Å²) in [6.07, 6.45) is 32.3. The van der Waals surface area contributed by atoms with E-state index in [1.54, 1.807) is 0 Å². The second-order valence-electron chi connectivity index (χ2n) is 13.3. The minimum Gasteiger partial charge on any atom is -0.463 e. The molecule has 0 saturated heterocycles. The third kappa shape index (κ3) is 36.1. The van der Waals surface area contributed by atoms with E-state index in [-0.39, 0.29) is 32.1 Å². The van der Waals surface area contributed by atoms with Crippen LogP contribution >= 0.6 is 7.82 Å². The van der Waals surface area contributed by atoms with Crippen LogP contribution in [0, 0.1) is 0 Å². The number of carbonyl (C=O) groups is 2. The SMILES string of the molecule is CCCCCCCCCCCCCCCCCCCCCCCC(=O)NCCOP(=O)(O)OCC(O)COC(=O)CCCCCCC. The number of nitrogens with one attached hydrogen (secondary N) is 1. The van der Waals surface area contributed by atoms with Gasteiger partial charge < -0.3 is 20.1 Å². The number of unbranched alkanes of at least 4 members (excludes halogenated alkanes) is 24. The predicted molar refractivity (Wildman–Crippen MR) is 192 cm³/mol. The lowest BCUT2D eigenvalue weighted by Gasteiger charge is -2.15. The molecule has 280 valence electrons. The van der Waals surface area contributed by atoms with Gasteiger partial charge in [-0.3, -0.25) is 18.6 Å². The Hall–Kier alpha value is -0.990. The highest BCUT2D eigenvalue weighted by Gasteiger charge is 2.23. The third-order valence-corrected chi connectivity index (χ3v) is 9.52. The Kier molecular flexibility index (Phi) is 34.1. The van der Waals surface area contributed by atoms with Crippen molar-refractivity contribution in [1.29, 1.82) is 0 Å². The van der Waals surface area contributed by atoms with Gasteiger partial charge in [0.25, 0.3) is 0 Å². The maximum Gasteiger partial charge on any atom is 0.472 e. The Morgan fingerprint density at radius 1 is 0.574 bits per heavy atom. The lowest BCUT2D eigenvalue weighted by atomic mass is 10.0. The Bertz CT molecular complexity index is 754. The standard InChI is InChI=1S/C37H74NO8P/c1-3-5-7-9-10-11-12-13-14-15-16-17-18-19-20-21-22-23-24-26-27-29-36(40)38-31-32-45-47(42,43)46-34-35(39)33-44-37(41)30-28-25-8-6-4-2/h35,39H,3-34H2,1-2H3,(H,38,40)(H,42,43). The zero-order valence-electron chi connectivity index (χ0n) is 30.5. The van der Waals surface area contributed by atoms with Crippen LogP contribution in [0.25, 0.3) is 0 Å². The van der Waals surface area contributed by atoms with Crippen LogP contribution in [0.15, 0.2) is 0 Å². The van der Waals surface area contributed by atoms with Gasteiger partial charge in [0.2, 0.25) is 5.91 Å². The number of phosphoric ester groups is 1. The maximum absolute atomic E-state index is 12.0. The number of aliphatic hydroxyl groups excluding tert-OH is 1. The maximum atomic E-state index is 12.0. The van der Waals surface area contributed by atoms with Crippen molar-refractivity contribution in [2.75, 3.05) is 26.4 Å². The molecule has 0 saturated carbocycles. The highest BCUT2D eigenvalue weighted by Crippen LogP contribution is 2.42. The molecule has 0 aromatic heterocycles. The smallest absolute Gasteiger partial charge is 0.463 e. The Balaban J connectivity index is 3.48. The van der Waals surface area contributed by atoms with Crippen LogP contribution in [0.1, 0.15) is 194 Å². The van der Waals surface area contributed by atoms with Crippen LogP contribution < -0.4 is 5.32 Å². The van der Waals surface area contributed by atoms with Crippen LogP contribution in [0.3, 0.4) is 0 Å². The zero-order valence-corrected chi connectivity index (χ0v) is 31.4. The summed E-state index contributed by atoms with van der Waals surface area (Å²) >= 11 is 0. The molecule has 0 bridgehead atoms. The number of hydrogen-bond donors (Lipinski definition) is 3. The van der Waals surface area contributed by atoms with Crippen molar-refractivity contribution in [2.24, 2.45) is 0 Å². The lowest BCUT2D eigenvalue weighted by molar-refractivity contribution is -0.147. The summed E-state index contributed by atoms with van der Waals surface area (Å²) in [5.41, 5.74) is 0. The van der Waals surface area contributed by atoms with Crippen molar-refractivity contribution in [2.45, 2.75) is 200 Å². The molecule has 0 radical (unpaired) electrons. The first-order valence-corrected chi connectivity index (χ1v) is 21.0. The monoisotopic (exact) mass is 692 g/mol. The molecule has 1 amide bonds. The highest BCUT2D eigenvalue weighted by atomic mass is 31.2. The number of hydrogen-bond acceptors (Lipinski definition) is 7. The summed E-state index contributed by atoms with van der Waals surface area (Å²) in [5.74, 6) is -0.520. The van der Waals surface area contributed by atoms with Crippen molar-refractivity contribution in [3.8, 4) is 0 Å². The first-order valence-electron chi connectivity index (χ1n) is 19.5. The van der Waals surface area contributed by atoms with Crippen LogP contribution in [0.5, 0.6) is 0 Å². The van der Waals surface area contributed by atoms with E-state index in [1.807, 2.05) is 0 Å². The summed E-state index contributed by atoms with van der Waals surface area (Å²) in [6, 6.07) is 0. The van der Waals surface area contributed by atoms with Gasteiger partial charge in [0.05, 0.1) is 13.2 Å². The van der Waals surface area contributed by atoms with Crippen LogP contribution in [0.4, 0.5) is 0 Å². The molecule has 0 rings (SSSR count). The number of esters is 1. The van der Waals surface area contributed by atoms with Gasteiger partial charge in [-0.05, 0) is 12.8 Å². The van der Waals surface area contributed by atoms with Crippen molar-refractivity contribution in [1.82, 2.24) is 5.32 Å². The number of rotatable bonds is 37. The minimum atomic E-state index is -4.39. The van der Waals surface area contributed by atoms with E-state index >= 15 is 0 Å². The van der Waals surface area contributed by atoms with Crippen molar-refractivity contribution in [3.63, 3.8) is 0 Å². The van der Waals surface area contributed by atoms with Crippen LogP contribution in [0.2, 0.25) is 0 Å². The Labute approximate surface area is 288 Å². The van der Waals surface area contributed by atoms with E-state index in [0.29, 0.717) is 6.42 Å². The molecular weight excluding hydrogens is 617 g/mol. The molecule has 2 unspecified atom stereocenters. The van der Waals surface area contributed by atoms with Gasteiger partial charge in [-0.15, -0.1) is 0 Å². The molecule has 3 N–H and O–H groups in total. The highest BCUT2D eigenvalue weighted by molar-refractivity contribution is 7.47. The Morgan fingerprint density at radius 2 is 0.957 bits per heavy atom. The largest absolute Gasteiger partial charge is 0.472 e. The molecular formula is C37H74NO8P. The van der Waals surface area contributed by atoms with Gasteiger partial charge in [0, 0.05) is 19.4 Å². The molecule has 2 atom stereocenters. The van der Waals surface area contributed by atoms with Gasteiger partial charge in [-0.2, -0.15) is 0 Å². The fraction of sp³-hybridized carbons (Fsp3) is 0.946. The van der Waals surface area contributed by atoms with E-state index in [4.69, 9.17) is 13.8 Å². The number of carbonyl (C=O) groups excluding carboxylic acids is 2. The number of phosphoric acid groups is 1. The van der Waals surface area contributed by atoms with E-state index in [2.05, 4.69) is 19.2 Å². The van der Waals surface area contributed by atoms with E-state index in [1.165, 1.54) is 116 Å². The van der Waals surface area contributed by atoms with Gasteiger partial charge in [-0.25, -0.2) is 4.57 Å². The molecule has 0 aliphatic carbocycles. The van der Waals surface area contributed by atoms with Crippen LogP contribution in [-0.2, 0) is 27.9 Å². The van der Waals surface area contributed by atoms with Gasteiger partial charge >= 0.3 is 13.8 Å². The first kappa shape index (κ1) is 46.0.